The van der Waals surface area contributed by atoms with Gasteiger partial charge in [0.05, 0.1) is 7.11 Å². The number of benzene rings is 1. The molecule has 0 radical (unpaired) electrons. The Morgan fingerprint density at radius 3 is 2.75 bits per heavy atom. The van der Waals surface area contributed by atoms with Crippen molar-refractivity contribution in [1.82, 2.24) is 20.5 Å². The number of hydrogen-bond acceptors (Lipinski definition) is 4. The highest BCUT2D eigenvalue weighted by atomic mass is 16.5. The fourth-order valence-electron chi connectivity index (χ4n) is 2.49. The molecule has 20 heavy (non-hydrogen) atoms. The highest BCUT2D eigenvalue weighted by Crippen LogP contribution is 2.41. The van der Waals surface area contributed by atoms with E-state index in [1.807, 2.05) is 12.1 Å². The van der Waals surface area contributed by atoms with E-state index in [1.165, 1.54) is 18.4 Å². The Bertz CT molecular complexity index is 519. The highest BCUT2D eigenvalue weighted by Gasteiger charge is 2.31. The first-order chi connectivity index (χ1) is 9.86. The van der Waals surface area contributed by atoms with E-state index < -0.39 is 0 Å². The van der Waals surface area contributed by atoms with Crippen molar-refractivity contribution in [3.8, 4) is 5.75 Å². The van der Waals surface area contributed by atoms with Crippen molar-refractivity contribution < 1.29 is 4.74 Å². The molecule has 1 unspecified atom stereocenters. The third kappa shape index (κ3) is 3.17. The fraction of sp³-hybridized carbons (Fsp3) is 0.467. The summed E-state index contributed by atoms with van der Waals surface area (Å²) in [5, 5.41) is 10.4. The lowest BCUT2D eigenvalue weighted by atomic mass is 10.0. The maximum atomic E-state index is 5.22. The van der Waals surface area contributed by atoms with Gasteiger partial charge in [-0.15, -0.1) is 0 Å². The normalized spacial score (nSPS) is 16.1. The van der Waals surface area contributed by atoms with Crippen LogP contribution in [0.5, 0.6) is 5.75 Å². The van der Waals surface area contributed by atoms with E-state index in [-0.39, 0.29) is 0 Å². The van der Waals surface area contributed by atoms with Crippen molar-refractivity contribution in [2.24, 2.45) is 5.92 Å². The average Bonchev–Trinajstić information content (AvgIpc) is 3.20. The average molecular weight is 272 g/mol. The molecule has 1 aliphatic rings. The minimum absolute atomic E-state index is 0.434. The predicted octanol–water partition coefficient (Wildman–Crippen LogP) is 2.10. The zero-order chi connectivity index (χ0) is 13.8. The molecule has 2 N–H and O–H groups in total. The van der Waals surface area contributed by atoms with Crippen LogP contribution in [-0.4, -0.2) is 28.8 Å². The molecule has 0 aliphatic heterocycles. The molecule has 0 saturated heterocycles. The molecule has 2 aromatic rings. The molecule has 5 nitrogen and oxygen atoms in total. The first-order valence-electron chi connectivity index (χ1n) is 7.08. The monoisotopic (exact) mass is 272 g/mol. The van der Waals surface area contributed by atoms with E-state index in [4.69, 9.17) is 4.74 Å². The van der Waals surface area contributed by atoms with Crippen LogP contribution in [0.25, 0.3) is 0 Å². The highest BCUT2D eigenvalue weighted by molar-refractivity contribution is 5.30. The lowest BCUT2D eigenvalue weighted by Gasteiger charge is -2.18. The molecule has 1 atom stereocenters. The maximum absolute atomic E-state index is 5.22. The number of aromatic nitrogens is 3. The maximum Gasteiger partial charge on any atom is 0.137 e. The van der Waals surface area contributed by atoms with Crippen LogP contribution < -0.4 is 10.1 Å². The number of ether oxygens (including phenoxy) is 1. The summed E-state index contributed by atoms with van der Waals surface area (Å²) in [5.41, 5.74) is 1.34. The van der Waals surface area contributed by atoms with Gasteiger partial charge in [-0.05, 0) is 36.5 Å². The van der Waals surface area contributed by atoms with Crippen LogP contribution in [0.3, 0.4) is 0 Å². The number of H-pyrrole nitrogens is 1. The molecular weight excluding hydrogens is 252 g/mol. The predicted molar refractivity (Wildman–Crippen MR) is 76.5 cm³/mol. The van der Waals surface area contributed by atoms with Gasteiger partial charge in [-0.3, -0.25) is 5.10 Å². The van der Waals surface area contributed by atoms with Crippen LogP contribution in [0.4, 0.5) is 0 Å². The van der Waals surface area contributed by atoms with Crippen molar-refractivity contribution in [1.29, 1.82) is 0 Å². The van der Waals surface area contributed by atoms with Crippen molar-refractivity contribution in [2.75, 3.05) is 13.7 Å². The fourth-order valence-corrected chi connectivity index (χ4v) is 2.49. The standard InChI is InChI=1S/C15H20N4O/c1-20-13-6-4-12(5-7-13)15(11-2-3-11)16-9-8-14-17-10-18-19-14/h4-7,10-11,15-16H,2-3,8-9H2,1H3,(H,17,18,19). The van der Waals surface area contributed by atoms with Crippen molar-refractivity contribution in [3.05, 3.63) is 42.0 Å². The first-order valence-corrected chi connectivity index (χ1v) is 7.08. The molecule has 106 valence electrons. The van der Waals surface area contributed by atoms with Gasteiger partial charge in [0.15, 0.2) is 0 Å². The molecule has 1 aliphatic carbocycles. The minimum atomic E-state index is 0.434. The summed E-state index contributed by atoms with van der Waals surface area (Å²) >= 11 is 0. The van der Waals surface area contributed by atoms with Crippen molar-refractivity contribution >= 4 is 0 Å². The SMILES string of the molecule is COc1ccc(C(NCCc2ncn[nH]2)C2CC2)cc1. The second kappa shape index (κ2) is 6.05. The summed E-state index contributed by atoms with van der Waals surface area (Å²) in [7, 11) is 1.70. The Balaban J connectivity index is 1.60. The molecule has 0 amide bonds. The van der Waals surface area contributed by atoms with Crippen molar-refractivity contribution in [3.63, 3.8) is 0 Å². The summed E-state index contributed by atoms with van der Waals surface area (Å²) in [6.45, 7) is 0.905. The molecule has 1 aromatic carbocycles. The van der Waals surface area contributed by atoms with Crippen LogP contribution in [0.1, 0.15) is 30.3 Å². The van der Waals surface area contributed by atoms with Gasteiger partial charge in [-0.1, -0.05) is 12.1 Å². The quantitative estimate of drug-likeness (QED) is 0.810. The second-order valence-electron chi connectivity index (χ2n) is 5.22. The van der Waals surface area contributed by atoms with Gasteiger partial charge in [-0.25, -0.2) is 4.98 Å². The second-order valence-corrected chi connectivity index (χ2v) is 5.22. The zero-order valence-electron chi connectivity index (χ0n) is 11.7. The number of hydrogen-bond donors (Lipinski definition) is 2. The van der Waals surface area contributed by atoms with E-state index in [1.54, 1.807) is 13.4 Å². The minimum Gasteiger partial charge on any atom is -0.497 e. The summed E-state index contributed by atoms with van der Waals surface area (Å²) in [5.74, 6) is 2.60. The summed E-state index contributed by atoms with van der Waals surface area (Å²) < 4.78 is 5.22. The molecule has 1 aromatic heterocycles. The zero-order valence-corrected chi connectivity index (χ0v) is 11.7. The molecular formula is C15H20N4O. The molecule has 0 spiro atoms. The molecule has 0 bridgehead atoms. The number of aromatic amines is 1. The van der Waals surface area contributed by atoms with E-state index in [2.05, 4.69) is 32.6 Å². The number of nitrogens with zero attached hydrogens (tertiary/aromatic N) is 2. The lowest BCUT2D eigenvalue weighted by molar-refractivity contribution is 0.413. The van der Waals surface area contributed by atoms with Crippen LogP contribution in [0.2, 0.25) is 0 Å². The van der Waals surface area contributed by atoms with E-state index in [0.717, 1.165) is 30.5 Å². The smallest absolute Gasteiger partial charge is 0.137 e. The van der Waals surface area contributed by atoms with E-state index in [9.17, 15) is 0 Å². The van der Waals surface area contributed by atoms with Gasteiger partial charge in [0, 0.05) is 19.0 Å². The van der Waals surface area contributed by atoms with Gasteiger partial charge in [0.2, 0.25) is 0 Å². The first kappa shape index (κ1) is 13.1. The summed E-state index contributed by atoms with van der Waals surface area (Å²) in [6, 6.07) is 8.81. The topological polar surface area (TPSA) is 62.8 Å². The van der Waals surface area contributed by atoms with Gasteiger partial charge in [0.1, 0.15) is 17.9 Å². The largest absolute Gasteiger partial charge is 0.497 e. The van der Waals surface area contributed by atoms with Gasteiger partial charge >= 0.3 is 0 Å². The summed E-state index contributed by atoms with van der Waals surface area (Å²) in [4.78, 5) is 4.15. The lowest BCUT2D eigenvalue weighted by Crippen LogP contribution is -2.25. The Hall–Kier alpha value is -1.88. The van der Waals surface area contributed by atoms with Crippen LogP contribution >= 0.6 is 0 Å². The van der Waals surface area contributed by atoms with Gasteiger partial charge in [-0.2, -0.15) is 5.10 Å². The summed E-state index contributed by atoms with van der Waals surface area (Å²) in [6.07, 6.45) is 5.05. The molecule has 1 fully saturated rings. The van der Waals surface area contributed by atoms with E-state index >= 15 is 0 Å². The Morgan fingerprint density at radius 1 is 1.35 bits per heavy atom. The molecule has 1 heterocycles. The third-order valence-electron chi connectivity index (χ3n) is 3.76. The Labute approximate surface area is 118 Å². The van der Waals surface area contributed by atoms with Gasteiger partial charge < -0.3 is 10.1 Å². The van der Waals surface area contributed by atoms with Crippen LogP contribution in [0, 0.1) is 5.92 Å². The molecule has 1 saturated carbocycles. The Kier molecular flexibility index (Phi) is 3.97. The molecule has 5 heteroatoms. The molecule has 3 rings (SSSR count). The van der Waals surface area contributed by atoms with E-state index in [0.29, 0.717) is 6.04 Å². The third-order valence-corrected chi connectivity index (χ3v) is 3.76. The number of rotatable bonds is 7. The van der Waals surface area contributed by atoms with Crippen molar-refractivity contribution in [2.45, 2.75) is 25.3 Å². The number of nitrogens with one attached hydrogen (secondary N) is 2. The number of methoxy groups -OCH3 is 1. The van der Waals surface area contributed by atoms with Crippen LogP contribution in [-0.2, 0) is 6.42 Å². The van der Waals surface area contributed by atoms with Gasteiger partial charge in [0.25, 0.3) is 0 Å². The van der Waals surface area contributed by atoms with Crippen LogP contribution in [0.15, 0.2) is 30.6 Å². The Morgan fingerprint density at radius 2 is 2.15 bits per heavy atom.